The van der Waals surface area contributed by atoms with Crippen molar-refractivity contribution >= 4 is 85.9 Å². The summed E-state index contributed by atoms with van der Waals surface area (Å²) < 4.78 is 15.7. The molecule has 6 rings (SSSR count). The van der Waals surface area contributed by atoms with Crippen LogP contribution >= 0.6 is 68.1 Å². The van der Waals surface area contributed by atoms with Gasteiger partial charge >= 0.3 is 5.97 Å². The van der Waals surface area contributed by atoms with Gasteiger partial charge < -0.3 is 9.47 Å². The number of nitrogens with zero attached hydrogens (tertiary/aromatic N) is 3. The Balaban J connectivity index is 1.56. The van der Waals surface area contributed by atoms with E-state index in [9.17, 15) is 14.9 Å². The molecule has 1 atom stereocenters. The van der Waals surface area contributed by atoms with Gasteiger partial charge in [-0.3, -0.25) is 9.36 Å². The lowest BCUT2D eigenvalue weighted by Crippen LogP contribution is -2.40. The number of hydrogen-bond acceptors (Lipinski definition) is 7. The van der Waals surface area contributed by atoms with Crippen LogP contribution in [0.4, 0.5) is 0 Å². The van der Waals surface area contributed by atoms with Gasteiger partial charge in [-0.25, -0.2) is 9.79 Å². The fraction of sp³-hybridized carbons (Fsp3) is 0.111. The van der Waals surface area contributed by atoms with E-state index in [1.54, 1.807) is 35.8 Å². The Hall–Kier alpha value is -3.77. The van der Waals surface area contributed by atoms with Gasteiger partial charge in [0.25, 0.3) is 5.56 Å². The molecule has 0 spiro atoms. The highest BCUT2D eigenvalue weighted by molar-refractivity contribution is 14.1. The smallest absolute Gasteiger partial charge is 0.338 e. The molecule has 1 aromatic heterocycles. The molecule has 0 N–H and O–H groups in total. The van der Waals surface area contributed by atoms with Crippen molar-refractivity contribution in [2.45, 2.75) is 19.6 Å². The number of aromatic nitrogens is 1. The molecule has 2 heterocycles. The van der Waals surface area contributed by atoms with Gasteiger partial charge in [-0.1, -0.05) is 83.6 Å². The van der Waals surface area contributed by atoms with Gasteiger partial charge in [0.05, 0.1) is 43.7 Å². The van der Waals surface area contributed by atoms with E-state index >= 15 is 0 Å². The normalized spacial score (nSPS) is 14.3. The van der Waals surface area contributed by atoms with E-state index in [1.165, 1.54) is 11.3 Å². The van der Waals surface area contributed by atoms with Crippen LogP contribution in [0.1, 0.15) is 40.8 Å². The molecule has 0 aliphatic carbocycles. The second-order valence-corrected chi connectivity index (χ2v) is 14.2. The van der Waals surface area contributed by atoms with Gasteiger partial charge in [0, 0.05) is 25.3 Å². The maximum Gasteiger partial charge on any atom is 0.338 e. The molecule has 5 aromatic rings. The molecule has 234 valence electrons. The standard InChI is InChI=1S/C36H24ClI2N3O4S/c1-2-45-35(44)30-31(21-8-4-3-5-9-21)41-36-42(32(30)22-12-14-26(37)15-13-22)34(43)29(47-36)17-25-16-27(38)18-28(39)33(25)46-20-24-11-7-6-10-23(24)19-40/h3-18,32H,2,20H2,1H3/b29-17-/t32-/m1/s1. The first kappa shape index (κ1) is 33.1. The second-order valence-electron chi connectivity index (χ2n) is 10.3. The third-order valence-electron chi connectivity index (χ3n) is 7.39. The molecular formula is C36H24ClI2N3O4S. The molecule has 7 nitrogen and oxygen atoms in total. The van der Waals surface area contributed by atoms with Gasteiger partial charge in [-0.15, -0.1) is 0 Å². The molecule has 47 heavy (non-hydrogen) atoms. The summed E-state index contributed by atoms with van der Waals surface area (Å²) in [5, 5.41) is 10.1. The first-order valence-electron chi connectivity index (χ1n) is 14.4. The fourth-order valence-electron chi connectivity index (χ4n) is 5.29. The number of carbonyl (C=O) groups is 1. The molecule has 0 bridgehead atoms. The average Bonchev–Trinajstić information content (AvgIpc) is 3.38. The van der Waals surface area contributed by atoms with Crippen LogP contribution in [0.25, 0.3) is 11.8 Å². The first-order chi connectivity index (χ1) is 22.8. The van der Waals surface area contributed by atoms with Crippen molar-refractivity contribution in [1.29, 1.82) is 5.26 Å². The Morgan fingerprint density at radius 2 is 1.79 bits per heavy atom. The number of halogens is 3. The van der Waals surface area contributed by atoms with Crippen molar-refractivity contribution in [2.75, 3.05) is 6.61 Å². The number of fused-ring (bicyclic) bond motifs is 1. The van der Waals surface area contributed by atoms with Crippen molar-refractivity contribution in [2.24, 2.45) is 4.99 Å². The molecule has 0 radical (unpaired) electrons. The maximum atomic E-state index is 14.4. The van der Waals surface area contributed by atoms with Crippen LogP contribution in [0.5, 0.6) is 5.75 Å². The first-order valence-corrected chi connectivity index (χ1v) is 17.8. The number of carbonyl (C=O) groups excluding carboxylic acids is 1. The van der Waals surface area contributed by atoms with E-state index in [2.05, 4.69) is 51.3 Å². The second kappa shape index (κ2) is 14.6. The monoisotopic (exact) mass is 883 g/mol. The summed E-state index contributed by atoms with van der Waals surface area (Å²) in [7, 11) is 0. The minimum absolute atomic E-state index is 0.162. The van der Waals surface area contributed by atoms with E-state index in [1.807, 2.05) is 72.8 Å². The highest BCUT2D eigenvalue weighted by Crippen LogP contribution is 2.36. The molecule has 4 aromatic carbocycles. The lowest BCUT2D eigenvalue weighted by atomic mass is 9.93. The van der Waals surface area contributed by atoms with Gasteiger partial charge in [0.2, 0.25) is 0 Å². The third-order valence-corrected chi connectivity index (χ3v) is 10.1. The SMILES string of the molecule is CCOC(=O)C1=C(c2ccccc2)N=c2s/c(=C\c3cc(I)cc(I)c3OCc3ccccc3C#N)c(=O)n2[C@@H]1c1ccc(Cl)cc1. The summed E-state index contributed by atoms with van der Waals surface area (Å²) in [6, 6.07) is 29.1. The average molecular weight is 884 g/mol. The predicted molar refractivity (Wildman–Crippen MR) is 200 cm³/mol. The van der Waals surface area contributed by atoms with E-state index in [-0.39, 0.29) is 24.3 Å². The van der Waals surface area contributed by atoms with Crippen LogP contribution in [0.2, 0.25) is 5.02 Å². The number of thiazole rings is 1. The number of nitriles is 1. The van der Waals surface area contributed by atoms with Crippen LogP contribution in [0.15, 0.2) is 106 Å². The summed E-state index contributed by atoms with van der Waals surface area (Å²) in [6.07, 6.45) is 1.80. The van der Waals surface area contributed by atoms with Crippen LogP contribution in [0.3, 0.4) is 0 Å². The highest BCUT2D eigenvalue weighted by atomic mass is 127. The van der Waals surface area contributed by atoms with Crippen LogP contribution < -0.4 is 19.6 Å². The van der Waals surface area contributed by atoms with Crippen molar-refractivity contribution in [3.8, 4) is 11.8 Å². The van der Waals surface area contributed by atoms with Gasteiger partial charge in [0.1, 0.15) is 12.4 Å². The zero-order valence-electron chi connectivity index (χ0n) is 24.7. The van der Waals surface area contributed by atoms with E-state index in [0.29, 0.717) is 42.5 Å². The summed E-state index contributed by atoms with van der Waals surface area (Å²) in [4.78, 5) is 33.4. The van der Waals surface area contributed by atoms with Crippen LogP contribution in [-0.2, 0) is 16.1 Å². The molecule has 0 unspecified atom stereocenters. The van der Waals surface area contributed by atoms with Crippen molar-refractivity contribution in [3.63, 3.8) is 0 Å². The van der Waals surface area contributed by atoms with Gasteiger partial charge in [0.15, 0.2) is 4.80 Å². The van der Waals surface area contributed by atoms with Crippen LogP contribution in [-0.4, -0.2) is 17.1 Å². The number of benzene rings is 4. The number of ether oxygens (including phenoxy) is 2. The molecule has 0 saturated carbocycles. The zero-order chi connectivity index (χ0) is 33.1. The number of rotatable bonds is 8. The Morgan fingerprint density at radius 1 is 1.06 bits per heavy atom. The molecule has 0 saturated heterocycles. The minimum atomic E-state index is -0.811. The quantitative estimate of drug-likeness (QED) is 0.121. The van der Waals surface area contributed by atoms with E-state index in [4.69, 9.17) is 26.1 Å². The zero-order valence-corrected chi connectivity index (χ0v) is 30.6. The summed E-state index contributed by atoms with van der Waals surface area (Å²) in [5.74, 6) is 0.0425. The lowest BCUT2D eigenvalue weighted by Gasteiger charge is -2.26. The maximum absolute atomic E-state index is 14.4. The third kappa shape index (κ3) is 6.94. The minimum Gasteiger partial charge on any atom is -0.487 e. The van der Waals surface area contributed by atoms with Crippen molar-refractivity contribution < 1.29 is 14.3 Å². The fourth-order valence-corrected chi connectivity index (χ4v) is 8.45. The predicted octanol–water partition coefficient (Wildman–Crippen LogP) is 7.25. The topological polar surface area (TPSA) is 93.7 Å². The summed E-state index contributed by atoms with van der Waals surface area (Å²) in [5.41, 5.74) is 3.83. The summed E-state index contributed by atoms with van der Waals surface area (Å²) >= 11 is 11.9. The van der Waals surface area contributed by atoms with Gasteiger partial charge in [-0.2, -0.15) is 5.26 Å². The van der Waals surface area contributed by atoms with E-state index < -0.39 is 12.0 Å². The van der Waals surface area contributed by atoms with Gasteiger partial charge in [-0.05, 0) is 94.1 Å². The van der Waals surface area contributed by atoms with Crippen LogP contribution in [0, 0.1) is 18.5 Å². The Bertz CT molecular complexity index is 2260. The molecular weight excluding hydrogens is 860 g/mol. The number of hydrogen-bond donors (Lipinski definition) is 0. The lowest BCUT2D eigenvalue weighted by molar-refractivity contribution is -0.138. The Labute approximate surface area is 306 Å². The molecule has 0 fully saturated rings. The molecule has 1 aliphatic rings. The summed E-state index contributed by atoms with van der Waals surface area (Å²) in [6.45, 7) is 2.09. The molecule has 1 aliphatic heterocycles. The highest BCUT2D eigenvalue weighted by Gasteiger charge is 2.35. The number of esters is 1. The largest absolute Gasteiger partial charge is 0.487 e. The Morgan fingerprint density at radius 3 is 2.51 bits per heavy atom. The Kier molecular flexibility index (Phi) is 10.3. The molecule has 11 heteroatoms. The van der Waals surface area contributed by atoms with Crippen molar-refractivity contribution in [3.05, 3.63) is 156 Å². The van der Waals surface area contributed by atoms with E-state index in [0.717, 1.165) is 18.3 Å². The molecule has 0 amide bonds. The van der Waals surface area contributed by atoms with Crippen molar-refractivity contribution in [1.82, 2.24) is 4.57 Å².